The fourth-order valence-electron chi connectivity index (χ4n) is 1.36. The molecular formula is C10H11BrN4. The molecule has 2 rings (SSSR count). The van der Waals surface area contributed by atoms with Gasteiger partial charge in [0.1, 0.15) is 0 Å². The first-order valence-corrected chi connectivity index (χ1v) is 5.40. The zero-order chi connectivity index (χ0) is 10.8. The van der Waals surface area contributed by atoms with Gasteiger partial charge in [-0.25, -0.2) is 4.68 Å². The monoisotopic (exact) mass is 266 g/mol. The highest BCUT2D eigenvalue weighted by atomic mass is 79.9. The van der Waals surface area contributed by atoms with Crippen LogP contribution >= 0.6 is 15.9 Å². The second-order valence-electron chi connectivity index (χ2n) is 3.34. The summed E-state index contributed by atoms with van der Waals surface area (Å²) in [4.78, 5) is 0. The maximum atomic E-state index is 5.82. The molecule has 0 radical (unpaired) electrons. The lowest BCUT2D eigenvalue weighted by molar-refractivity contribution is 0.697. The van der Waals surface area contributed by atoms with Gasteiger partial charge in [0.15, 0.2) is 0 Å². The Morgan fingerprint density at radius 2 is 2.27 bits per heavy atom. The van der Waals surface area contributed by atoms with E-state index in [1.165, 1.54) is 0 Å². The smallest absolute Gasteiger partial charge is 0.0810 e. The van der Waals surface area contributed by atoms with Crippen LogP contribution in [0.15, 0.2) is 34.9 Å². The predicted molar refractivity (Wildman–Crippen MR) is 61.7 cm³/mol. The summed E-state index contributed by atoms with van der Waals surface area (Å²) in [6, 6.07) is 7.77. The van der Waals surface area contributed by atoms with Gasteiger partial charge in [-0.05, 0) is 25.1 Å². The lowest BCUT2D eigenvalue weighted by atomic mass is 10.2. The SMILES string of the molecule is CC(N)c1cnnn1-c1cccc(Br)c1. The van der Waals surface area contributed by atoms with Crippen LogP contribution in [0.5, 0.6) is 0 Å². The number of aromatic nitrogens is 3. The van der Waals surface area contributed by atoms with Gasteiger partial charge in [0.05, 0.1) is 17.6 Å². The van der Waals surface area contributed by atoms with Crippen molar-refractivity contribution in [3.8, 4) is 5.69 Å². The van der Waals surface area contributed by atoms with E-state index in [2.05, 4.69) is 26.2 Å². The van der Waals surface area contributed by atoms with Gasteiger partial charge >= 0.3 is 0 Å². The van der Waals surface area contributed by atoms with Crippen LogP contribution in [0.1, 0.15) is 18.7 Å². The van der Waals surface area contributed by atoms with Gasteiger partial charge in [-0.1, -0.05) is 27.2 Å². The van der Waals surface area contributed by atoms with Crippen LogP contribution in [0.4, 0.5) is 0 Å². The van der Waals surface area contributed by atoms with Crippen molar-refractivity contribution in [2.24, 2.45) is 5.73 Å². The van der Waals surface area contributed by atoms with Crippen LogP contribution in [0.3, 0.4) is 0 Å². The van der Waals surface area contributed by atoms with Crippen molar-refractivity contribution in [2.75, 3.05) is 0 Å². The fraction of sp³-hybridized carbons (Fsp3) is 0.200. The van der Waals surface area contributed by atoms with Crippen molar-refractivity contribution in [2.45, 2.75) is 13.0 Å². The first-order valence-electron chi connectivity index (χ1n) is 4.60. The number of halogens is 1. The Kier molecular flexibility index (Phi) is 2.83. The first kappa shape index (κ1) is 10.3. The molecule has 0 spiro atoms. The molecule has 15 heavy (non-hydrogen) atoms. The summed E-state index contributed by atoms with van der Waals surface area (Å²) in [6.45, 7) is 1.91. The number of hydrogen-bond donors (Lipinski definition) is 1. The first-order chi connectivity index (χ1) is 7.18. The highest BCUT2D eigenvalue weighted by Crippen LogP contribution is 2.18. The molecule has 0 aliphatic carbocycles. The van der Waals surface area contributed by atoms with E-state index < -0.39 is 0 Å². The predicted octanol–water partition coefficient (Wildman–Crippen LogP) is 2.05. The van der Waals surface area contributed by atoms with Crippen LogP contribution in [0, 0.1) is 0 Å². The summed E-state index contributed by atoms with van der Waals surface area (Å²) in [5.41, 5.74) is 7.67. The third-order valence-corrected chi connectivity index (χ3v) is 2.59. The molecule has 2 aromatic rings. The lowest BCUT2D eigenvalue weighted by Crippen LogP contribution is -2.11. The molecule has 0 aliphatic rings. The maximum Gasteiger partial charge on any atom is 0.0810 e. The van der Waals surface area contributed by atoms with Crippen LogP contribution in [-0.2, 0) is 0 Å². The third-order valence-electron chi connectivity index (χ3n) is 2.09. The minimum atomic E-state index is -0.0843. The molecule has 0 amide bonds. The van der Waals surface area contributed by atoms with Crippen LogP contribution in [0.25, 0.3) is 5.69 Å². The van der Waals surface area contributed by atoms with Crippen LogP contribution in [0.2, 0.25) is 0 Å². The normalized spacial score (nSPS) is 12.7. The summed E-state index contributed by atoms with van der Waals surface area (Å²) >= 11 is 3.42. The number of nitrogens with zero attached hydrogens (tertiary/aromatic N) is 3. The number of rotatable bonds is 2. The van der Waals surface area contributed by atoms with Gasteiger partial charge < -0.3 is 5.73 Å². The van der Waals surface area contributed by atoms with Crippen LogP contribution < -0.4 is 5.73 Å². The zero-order valence-corrected chi connectivity index (χ0v) is 9.85. The van der Waals surface area contributed by atoms with Crippen molar-refractivity contribution in [3.05, 3.63) is 40.6 Å². The van der Waals surface area contributed by atoms with E-state index in [1.54, 1.807) is 10.9 Å². The Bertz CT molecular complexity index is 464. The molecule has 0 fully saturated rings. The van der Waals surface area contributed by atoms with Crippen molar-refractivity contribution in [3.63, 3.8) is 0 Å². The van der Waals surface area contributed by atoms with Crippen molar-refractivity contribution in [1.29, 1.82) is 0 Å². The second kappa shape index (κ2) is 4.12. The Morgan fingerprint density at radius 3 is 2.93 bits per heavy atom. The average molecular weight is 267 g/mol. The molecule has 1 aromatic heterocycles. The summed E-state index contributed by atoms with van der Waals surface area (Å²) < 4.78 is 2.75. The summed E-state index contributed by atoms with van der Waals surface area (Å²) in [5.74, 6) is 0. The Labute approximate surface area is 96.2 Å². The molecule has 4 nitrogen and oxygen atoms in total. The molecular weight excluding hydrogens is 256 g/mol. The fourth-order valence-corrected chi connectivity index (χ4v) is 1.75. The lowest BCUT2D eigenvalue weighted by Gasteiger charge is -2.08. The van der Waals surface area contributed by atoms with Gasteiger partial charge in [0.2, 0.25) is 0 Å². The number of hydrogen-bond acceptors (Lipinski definition) is 3. The van der Waals surface area contributed by atoms with Crippen molar-refractivity contribution in [1.82, 2.24) is 15.0 Å². The highest BCUT2D eigenvalue weighted by molar-refractivity contribution is 9.10. The molecule has 0 bridgehead atoms. The van der Waals surface area contributed by atoms with E-state index in [9.17, 15) is 0 Å². The van der Waals surface area contributed by atoms with Gasteiger partial charge in [0, 0.05) is 10.5 Å². The molecule has 0 saturated heterocycles. The van der Waals surface area contributed by atoms with Crippen molar-refractivity contribution >= 4 is 15.9 Å². The van der Waals surface area contributed by atoms with Gasteiger partial charge in [-0.15, -0.1) is 5.10 Å². The summed E-state index contributed by atoms with van der Waals surface area (Å²) in [5, 5.41) is 7.88. The standard InChI is InChI=1S/C10H11BrN4/c1-7(12)10-6-13-14-15(10)9-4-2-3-8(11)5-9/h2-7H,12H2,1H3. The molecule has 0 aliphatic heterocycles. The topological polar surface area (TPSA) is 56.7 Å². The van der Waals surface area contributed by atoms with E-state index in [-0.39, 0.29) is 6.04 Å². The molecule has 1 atom stereocenters. The van der Waals surface area contributed by atoms with E-state index in [1.807, 2.05) is 31.2 Å². The minimum Gasteiger partial charge on any atom is -0.323 e. The largest absolute Gasteiger partial charge is 0.323 e. The van der Waals surface area contributed by atoms with Gasteiger partial charge in [-0.2, -0.15) is 0 Å². The van der Waals surface area contributed by atoms with E-state index in [0.29, 0.717) is 0 Å². The third kappa shape index (κ3) is 2.08. The Hall–Kier alpha value is -1.20. The van der Waals surface area contributed by atoms with E-state index in [4.69, 9.17) is 5.73 Å². The summed E-state index contributed by atoms with van der Waals surface area (Å²) in [6.07, 6.45) is 1.69. The number of benzene rings is 1. The summed E-state index contributed by atoms with van der Waals surface area (Å²) in [7, 11) is 0. The number of nitrogens with two attached hydrogens (primary N) is 1. The van der Waals surface area contributed by atoms with E-state index in [0.717, 1.165) is 15.9 Å². The van der Waals surface area contributed by atoms with E-state index >= 15 is 0 Å². The molecule has 78 valence electrons. The Morgan fingerprint density at radius 1 is 1.47 bits per heavy atom. The van der Waals surface area contributed by atoms with Gasteiger partial charge in [0.25, 0.3) is 0 Å². The Balaban J connectivity index is 2.49. The maximum absolute atomic E-state index is 5.82. The van der Waals surface area contributed by atoms with Gasteiger partial charge in [-0.3, -0.25) is 0 Å². The van der Waals surface area contributed by atoms with Crippen LogP contribution in [-0.4, -0.2) is 15.0 Å². The molecule has 1 heterocycles. The quantitative estimate of drug-likeness (QED) is 0.905. The average Bonchev–Trinajstić information content (AvgIpc) is 2.65. The molecule has 1 unspecified atom stereocenters. The molecule has 1 aromatic carbocycles. The molecule has 0 saturated carbocycles. The zero-order valence-electron chi connectivity index (χ0n) is 8.26. The van der Waals surface area contributed by atoms with Crippen molar-refractivity contribution < 1.29 is 0 Å². The highest BCUT2D eigenvalue weighted by Gasteiger charge is 2.09. The molecule has 5 heteroatoms. The second-order valence-corrected chi connectivity index (χ2v) is 4.25. The molecule has 2 N–H and O–H groups in total. The minimum absolute atomic E-state index is 0.0843.